The molecule has 2 unspecified atom stereocenters. The summed E-state index contributed by atoms with van der Waals surface area (Å²) in [6, 6.07) is 6.57. The average Bonchev–Trinajstić information content (AvgIpc) is 3.13. The molecule has 0 N–H and O–H groups in total. The minimum absolute atomic E-state index is 0.269. The Labute approximate surface area is 144 Å². The Morgan fingerprint density at radius 3 is 2.80 bits per heavy atom. The van der Waals surface area contributed by atoms with E-state index < -0.39 is 6.04 Å². The predicted molar refractivity (Wildman–Crippen MR) is 91.0 cm³/mol. The van der Waals surface area contributed by atoms with Crippen LogP contribution in [0.4, 0.5) is 10.5 Å². The number of aromatic nitrogens is 1. The summed E-state index contributed by atoms with van der Waals surface area (Å²) in [6.45, 7) is 0.385. The maximum Gasteiger partial charge on any atom is 0.332 e. The molecule has 2 saturated heterocycles. The number of ether oxygens (including phenoxy) is 1. The molecule has 7 heteroatoms. The zero-order valence-electron chi connectivity index (χ0n) is 14.1. The molecule has 0 aliphatic carbocycles. The van der Waals surface area contributed by atoms with Gasteiger partial charge in [0.2, 0.25) is 0 Å². The number of nitrogens with zero attached hydrogens (tertiary/aromatic N) is 3. The molecule has 3 amide bonds. The molecule has 0 spiro atoms. The number of aryl methyl sites for hydroxylation is 1. The monoisotopic (exact) mass is 341 g/mol. The van der Waals surface area contributed by atoms with E-state index in [9.17, 15) is 14.4 Å². The van der Waals surface area contributed by atoms with Crippen LogP contribution in [0, 0.1) is 5.92 Å². The Morgan fingerprint density at radius 1 is 1.24 bits per heavy atom. The number of carbonyl (C=O) groups excluding carboxylic acids is 3. The molecular formula is C18H19N3O4. The third-order valence-electron chi connectivity index (χ3n) is 5.23. The summed E-state index contributed by atoms with van der Waals surface area (Å²) in [4.78, 5) is 40.5. The molecule has 0 bridgehead atoms. The van der Waals surface area contributed by atoms with Crippen molar-refractivity contribution in [1.29, 1.82) is 0 Å². The van der Waals surface area contributed by atoms with E-state index in [4.69, 9.17) is 4.74 Å². The first-order valence-electron chi connectivity index (χ1n) is 8.29. The molecule has 2 atom stereocenters. The van der Waals surface area contributed by atoms with Gasteiger partial charge in [-0.2, -0.15) is 0 Å². The van der Waals surface area contributed by atoms with Gasteiger partial charge in [0.05, 0.1) is 18.7 Å². The molecule has 7 nitrogen and oxygen atoms in total. The van der Waals surface area contributed by atoms with Crippen molar-refractivity contribution in [3.63, 3.8) is 0 Å². The van der Waals surface area contributed by atoms with Crippen molar-refractivity contribution in [2.24, 2.45) is 13.0 Å². The molecule has 2 fully saturated rings. The van der Waals surface area contributed by atoms with Gasteiger partial charge in [-0.05, 0) is 31.0 Å². The number of carbonyl (C=O) groups is 3. The van der Waals surface area contributed by atoms with Crippen molar-refractivity contribution >= 4 is 34.5 Å². The molecule has 3 heterocycles. The van der Waals surface area contributed by atoms with Gasteiger partial charge in [0, 0.05) is 30.7 Å². The second kappa shape index (κ2) is 5.61. The van der Waals surface area contributed by atoms with Crippen LogP contribution in [0.25, 0.3) is 10.9 Å². The van der Waals surface area contributed by atoms with Gasteiger partial charge in [-0.3, -0.25) is 9.59 Å². The van der Waals surface area contributed by atoms with Crippen molar-refractivity contribution in [2.75, 3.05) is 18.6 Å². The molecule has 130 valence electrons. The van der Waals surface area contributed by atoms with Crippen LogP contribution >= 0.6 is 0 Å². The largest absolute Gasteiger partial charge is 0.469 e. The number of amides is 3. The molecule has 2 aromatic rings. The Hall–Kier alpha value is -2.83. The summed E-state index contributed by atoms with van der Waals surface area (Å²) < 4.78 is 6.75. The zero-order valence-corrected chi connectivity index (χ0v) is 14.1. The molecule has 2 aliphatic rings. The highest BCUT2D eigenvalue weighted by atomic mass is 16.5. The quantitative estimate of drug-likeness (QED) is 0.618. The molecular weight excluding hydrogens is 322 g/mol. The Kier molecular flexibility index (Phi) is 3.52. The minimum atomic E-state index is -0.593. The highest BCUT2D eigenvalue weighted by Crippen LogP contribution is 2.36. The number of imide groups is 1. The van der Waals surface area contributed by atoms with Gasteiger partial charge in [0.1, 0.15) is 6.04 Å². The van der Waals surface area contributed by atoms with E-state index in [1.165, 1.54) is 12.0 Å². The van der Waals surface area contributed by atoms with E-state index >= 15 is 0 Å². The molecule has 4 rings (SSSR count). The topological polar surface area (TPSA) is 71.8 Å². The van der Waals surface area contributed by atoms with Crippen molar-refractivity contribution in [2.45, 2.75) is 18.9 Å². The number of benzene rings is 1. The number of fused-ring (bicyclic) bond motifs is 2. The van der Waals surface area contributed by atoms with Crippen LogP contribution in [0.3, 0.4) is 0 Å². The van der Waals surface area contributed by atoms with Gasteiger partial charge in [-0.1, -0.05) is 6.07 Å². The minimum Gasteiger partial charge on any atom is -0.469 e. The Balaban J connectivity index is 1.71. The smallest absolute Gasteiger partial charge is 0.332 e. The number of urea groups is 1. The van der Waals surface area contributed by atoms with Gasteiger partial charge in [0.15, 0.2) is 0 Å². The molecule has 1 aromatic heterocycles. The van der Waals surface area contributed by atoms with E-state index in [-0.39, 0.29) is 23.8 Å². The fraction of sp³-hybridized carbons (Fsp3) is 0.389. The Morgan fingerprint density at radius 2 is 2.04 bits per heavy atom. The first-order chi connectivity index (χ1) is 12.0. The van der Waals surface area contributed by atoms with Crippen molar-refractivity contribution in [3.05, 3.63) is 30.5 Å². The zero-order chi connectivity index (χ0) is 17.7. The molecule has 25 heavy (non-hydrogen) atoms. The van der Waals surface area contributed by atoms with E-state index in [1.807, 2.05) is 36.0 Å². The van der Waals surface area contributed by atoms with E-state index in [1.54, 1.807) is 11.0 Å². The number of hydrogen-bond acceptors (Lipinski definition) is 4. The van der Waals surface area contributed by atoms with Crippen molar-refractivity contribution in [3.8, 4) is 0 Å². The second-order valence-corrected chi connectivity index (χ2v) is 6.55. The maximum atomic E-state index is 13.0. The van der Waals surface area contributed by atoms with Gasteiger partial charge in [0.25, 0.3) is 5.91 Å². The lowest BCUT2D eigenvalue weighted by Gasteiger charge is -2.30. The number of hydrogen-bond donors (Lipinski definition) is 0. The summed E-state index contributed by atoms with van der Waals surface area (Å²) in [5.74, 6) is -0.922. The molecule has 1 aromatic carbocycles. The summed E-state index contributed by atoms with van der Waals surface area (Å²) in [7, 11) is 3.27. The fourth-order valence-electron chi connectivity index (χ4n) is 3.88. The number of methoxy groups -OCH3 is 1. The number of rotatable bonds is 2. The SMILES string of the molecule is COC(=O)C1CCN2C(=O)N(c3cccc4c3ccn4C)C(=O)C2C1. The molecule has 0 radical (unpaired) electrons. The van der Waals surface area contributed by atoms with Gasteiger partial charge in [-0.15, -0.1) is 0 Å². The predicted octanol–water partition coefficient (Wildman–Crippen LogP) is 1.90. The van der Waals surface area contributed by atoms with Gasteiger partial charge in [-0.25, -0.2) is 9.69 Å². The van der Waals surface area contributed by atoms with Crippen LogP contribution < -0.4 is 4.90 Å². The second-order valence-electron chi connectivity index (χ2n) is 6.55. The van der Waals surface area contributed by atoms with Crippen LogP contribution in [0.1, 0.15) is 12.8 Å². The molecule has 0 saturated carbocycles. The summed E-state index contributed by atoms with van der Waals surface area (Å²) in [6.07, 6.45) is 2.74. The third kappa shape index (κ3) is 2.22. The first kappa shape index (κ1) is 15.7. The van der Waals surface area contributed by atoms with Crippen molar-refractivity contribution < 1.29 is 19.1 Å². The summed E-state index contributed by atoms with van der Waals surface area (Å²) in [5, 5.41) is 0.857. The van der Waals surface area contributed by atoms with E-state index in [0.717, 1.165) is 10.9 Å². The van der Waals surface area contributed by atoms with Crippen LogP contribution in [0.5, 0.6) is 0 Å². The lowest BCUT2D eigenvalue weighted by atomic mass is 9.91. The fourth-order valence-corrected chi connectivity index (χ4v) is 3.88. The third-order valence-corrected chi connectivity index (χ3v) is 5.23. The highest BCUT2D eigenvalue weighted by molar-refractivity contribution is 6.24. The number of anilines is 1. The van der Waals surface area contributed by atoms with Gasteiger partial charge < -0.3 is 14.2 Å². The lowest BCUT2D eigenvalue weighted by molar-refractivity contribution is -0.147. The van der Waals surface area contributed by atoms with Crippen LogP contribution in [0.2, 0.25) is 0 Å². The summed E-state index contributed by atoms with van der Waals surface area (Å²) >= 11 is 0. The van der Waals surface area contributed by atoms with Crippen molar-refractivity contribution in [1.82, 2.24) is 9.47 Å². The van der Waals surface area contributed by atoms with E-state index in [0.29, 0.717) is 25.1 Å². The summed E-state index contributed by atoms with van der Waals surface area (Å²) in [5.41, 5.74) is 1.55. The lowest BCUT2D eigenvalue weighted by Crippen LogP contribution is -2.44. The van der Waals surface area contributed by atoms with E-state index in [2.05, 4.69) is 0 Å². The highest BCUT2D eigenvalue weighted by Gasteiger charge is 2.50. The normalized spacial score (nSPS) is 23.3. The number of piperidine rings is 1. The number of esters is 1. The van der Waals surface area contributed by atoms with Crippen LogP contribution in [-0.2, 0) is 21.4 Å². The average molecular weight is 341 g/mol. The standard InChI is InChI=1S/C18H19N3O4/c1-19-8-7-12-13(19)4-3-5-14(12)21-16(22)15-10-11(17(23)25-2)6-9-20(15)18(21)24/h3-5,7-8,11,15H,6,9-10H2,1-2H3. The van der Waals surface area contributed by atoms with Crippen LogP contribution in [-0.4, -0.2) is 47.1 Å². The molecule has 2 aliphatic heterocycles. The first-order valence-corrected chi connectivity index (χ1v) is 8.29. The van der Waals surface area contributed by atoms with Gasteiger partial charge >= 0.3 is 12.0 Å². The maximum absolute atomic E-state index is 13.0. The van der Waals surface area contributed by atoms with Crippen LogP contribution in [0.15, 0.2) is 30.5 Å². The Bertz CT molecular complexity index is 888.